The van der Waals surface area contributed by atoms with Crippen LogP contribution in [-0.4, -0.2) is 4.57 Å². The second kappa shape index (κ2) is 16.1. The Hall–Kier alpha value is -8.20. The zero-order valence-corrected chi connectivity index (χ0v) is 34.1. The van der Waals surface area contributed by atoms with Gasteiger partial charge in [-0.1, -0.05) is 194 Å². The lowest BCUT2D eigenvalue weighted by molar-refractivity contribution is 1.18. The summed E-state index contributed by atoms with van der Waals surface area (Å²) in [5.41, 5.74) is 18.8. The van der Waals surface area contributed by atoms with Gasteiger partial charge in [0.15, 0.2) is 0 Å². The molecule has 1 heterocycles. The smallest absolute Gasteiger partial charge is 0.0541 e. The van der Waals surface area contributed by atoms with Crippen molar-refractivity contribution in [3.05, 3.63) is 255 Å². The van der Waals surface area contributed by atoms with Gasteiger partial charge < -0.3 is 9.47 Å². The van der Waals surface area contributed by atoms with Gasteiger partial charge in [0.05, 0.1) is 11.0 Å². The molecule has 0 unspecified atom stereocenters. The third-order valence-corrected chi connectivity index (χ3v) is 12.0. The number of para-hydroxylation sites is 2. The van der Waals surface area contributed by atoms with Gasteiger partial charge in [-0.15, -0.1) is 0 Å². The molecule has 0 spiro atoms. The lowest BCUT2D eigenvalue weighted by atomic mass is 9.99. The third kappa shape index (κ3) is 7.04. The molecule has 0 aliphatic rings. The van der Waals surface area contributed by atoms with Crippen molar-refractivity contribution in [1.29, 1.82) is 0 Å². The largest absolute Gasteiger partial charge is 0.310 e. The molecule has 62 heavy (non-hydrogen) atoms. The zero-order valence-electron chi connectivity index (χ0n) is 34.1. The third-order valence-electron chi connectivity index (χ3n) is 12.0. The van der Waals surface area contributed by atoms with E-state index in [0.29, 0.717) is 0 Å². The van der Waals surface area contributed by atoms with Crippen LogP contribution in [0.4, 0.5) is 17.1 Å². The Morgan fingerprint density at radius 2 is 0.548 bits per heavy atom. The van der Waals surface area contributed by atoms with Crippen LogP contribution in [0, 0.1) is 0 Å². The highest BCUT2D eigenvalue weighted by atomic mass is 15.1. The summed E-state index contributed by atoms with van der Waals surface area (Å²) in [4.78, 5) is 2.36. The van der Waals surface area contributed by atoms with Gasteiger partial charge in [0.1, 0.15) is 0 Å². The number of nitrogens with zero attached hydrogens (tertiary/aromatic N) is 2. The molecule has 0 aliphatic carbocycles. The minimum atomic E-state index is 1.09. The van der Waals surface area contributed by atoms with Crippen molar-refractivity contribution >= 4 is 38.9 Å². The van der Waals surface area contributed by atoms with E-state index in [0.717, 1.165) is 22.7 Å². The normalized spacial score (nSPS) is 11.2. The number of anilines is 3. The molecule has 0 saturated heterocycles. The van der Waals surface area contributed by atoms with Crippen molar-refractivity contribution in [2.45, 2.75) is 0 Å². The van der Waals surface area contributed by atoms with Gasteiger partial charge in [0.2, 0.25) is 0 Å². The van der Waals surface area contributed by atoms with Crippen molar-refractivity contribution in [3.8, 4) is 61.3 Å². The van der Waals surface area contributed by atoms with Gasteiger partial charge in [-0.2, -0.15) is 0 Å². The average Bonchev–Trinajstić information content (AvgIpc) is 3.70. The zero-order chi connectivity index (χ0) is 41.2. The number of rotatable bonds is 9. The van der Waals surface area contributed by atoms with Gasteiger partial charge in [0, 0.05) is 33.5 Å². The first-order valence-corrected chi connectivity index (χ1v) is 21.2. The van der Waals surface area contributed by atoms with E-state index in [1.165, 1.54) is 77.4 Å². The van der Waals surface area contributed by atoms with Crippen LogP contribution in [0.5, 0.6) is 0 Å². The first kappa shape index (κ1) is 36.8. The van der Waals surface area contributed by atoms with Crippen LogP contribution in [0.25, 0.3) is 83.1 Å². The maximum absolute atomic E-state index is 2.37. The number of benzene rings is 10. The summed E-state index contributed by atoms with van der Waals surface area (Å²) in [7, 11) is 0. The molecule has 0 atom stereocenters. The summed E-state index contributed by atoms with van der Waals surface area (Å²) < 4.78 is 2.37. The topological polar surface area (TPSA) is 8.17 Å². The Labute approximate surface area is 362 Å². The van der Waals surface area contributed by atoms with Crippen molar-refractivity contribution in [3.63, 3.8) is 0 Å². The van der Waals surface area contributed by atoms with E-state index in [9.17, 15) is 0 Å². The quantitative estimate of drug-likeness (QED) is 0.141. The second-order valence-electron chi connectivity index (χ2n) is 15.8. The van der Waals surface area contributed by atoms with Crippen LogP contribution >= 0.6 is 0 Å². The van der Waals surface area contributed by atoms with E-state index in [-0.39, 0.29) is 0 Å². The average molecular weight is 791 g/mol. The highest BCUT2D eigenvalue weighted by Gasteiger charge is 2.16. The first-order valence-electron chi connectivity index (χ1n) is 21.2. The predicted molar refractivity (Wildman–Crippen MR) is 263 cm³/mol. The lowest BCUT2D eigenvalue weighted by Gasteiger charge is -2.26. The van der Waals surface area contributed by atoms with Crippen molar-refractivity contribution in [2.24, 2.45) is 0 Å². The molecule has 10 aromatic carbocycles. The Morgan fingerprint density at radius 1 is 0.226 bits per heavy atom. The number of fused-ring (bicyclic) bond motifs is 3. The molecule has 11 aromatic rings. The highest BCUT2D eigenvalue weighted by Crippen LogP contribution is 2.39. The van der Waals surface area contributed by atoms with Crippen LogP contribution in [0.3, 0.4) is 0 Å². The van der Waals surface area contributed by atoms with Crippen molar-refractivity contribution in [1.82, 2.24) is 4.57 Å². The standard InChI is InChI=1S/C60H42N2/c1-3-12-43(13-4-1)45-22-24-47(25-23-45)48-30-36-53(37-31-48)61(56-17-11-16-52(42-56)51-28-26-46(27-29-51)44-14-5-2-6-15-44)54-38-32-49(33-39-54)50-34-40-55(41-35-50)62-59-20-9-7-18-57(59)58-19-8-10-21-60(58)62/h1-42H. The molecule has 0 saturated carbocycles. The fourth-order valence-electron chi connectivity index (χ4n) is 8.85. The Kier molecular flexibility index (Phi) is 9.57. The maximum Gasteiger partial charge on any atom is 0.0541 e. The summed E-state index contributed by atoms with van der Waals surface area (Å²) in [6.07, 6.45) is 0. The molecule has 2 nitrogen and oxygen atoms in total. The van der Waals surface area contributed by atoms with Gasteiger partial charge in [-0.3, -0.25) is 0 Å². The molecule has 2 heteroatoms. The van der Waals surface area contributed by atoms with Crippen molar-refractivity contribution in [2.75, 3.05) is 4.90 Å². The monoisotopic (exact) mass is 790 g/mol. The molecule has 0 amide bonds. The summed E-state index contributed by atoms with van der Waals surface area (Å²) in [5.74, 6) is 0. The van der Waals surface area contributed by atoms with E-state index >= 15 is 0 Å². The van der Waals surface area contributed by atoms with E-state index in [1.54, 1.807) is 0 Å². The summed E-state index contributed by atoms with van der Waals surface area (Å²) in [6.45, 7) is 0. The van der Waals surface area contributed by atoms with Gasteiger partial charge in [-0.25, -0.2) is 0 Å². The minimum absolute atomic E-state index is 1.09. The van der Waals surface area contributed by atoms with E-state index in [4.69, 9.17) is 0 Å². The summed E-state index contributed by atoms with van der Waals surface area (Å²) >= 11 is 0. The van der Waals surface area contributed by atoms with Crippen LogP contribution in [-0.2, 0) is 0 Å². The fourth-order valence-corrected chi connectivity index (χ4v) is 8.85. The van der Waals surface area contributed by atoms with Gasteiger partial charge in [0.25, 0.3) is 0 Å². The van der Waals surface area contributed by atoms with Crippen LogP contribution in [0.15, 0.2) is 255 Å². The Balaban J connectivity index is 0.926. The SMILES string of the molecule is c1ccc(-c2ccc(-c3ccc(N(c4ccc(-c5ccc(-n6c7ccccc7c7ccccc76)cc5)cc4)c4cccc(-c5ccc(-c6ccccc6)cc5)c4)cc3)cc2)cc1. The second-order valence-corrected chi connectivity index (χ2v) is 15.8. The molecule has 0 radical (unpaired) electrons. The molecule has 1 aromatic heterocycles. The molecule has 11 rings (SSSR count). The van der Waals surface area contributed by atoms with Crippen molar-refractivity contribution < 1.29 is 0 Å². The van der Waals surface area contributed by atoms with Crippen LogP contribution in [0.2, 0.25) is 0 Å². The number of hydrogen-bond donors (Lipinski definition) is 0. The molecular weight excluding hydrogens is 749 g/mol. The highest BCUT2D eigenvalue weighted by molar-refractivity contribution is 6.09. The molecule has 0 bridgehead atoms. The van der Waals surface area contributed by atoms with Gasteiger partial charge >= 0.3 is 0 Å². The molecule has 0 N–H and O–H groups in total. The van der Waals surface area contributed by atoms with Crippen LogP contribution < -0.4 is 4.90 Å². The Bertz CT molecular complexity index is 3220. The van der Waals surface area contributed by atoms with E-state index in [2.05, 4.69) is 264 Å². The number of hydrogen-bond acceptors (Lipinski definition) is 1. The molecule has 292 valence electrons. The number of aromatic nitrogens is 1. The summed E-state index contributed by atoms with van der Waals surface area (Å²) in [5, 5.41) is 2.54. The fraction of sp³-hybridized carbons (Fsp3) is 0. The van der Waals surface area contributed by atoms with E-state index < -0.39 is 0 Å². The minimum Gasteiger partial charge on any atom is -0.310 e. The Morgan fingerprint density at radius 3 is 0.984 bits per heavy atom. The lowest BCUT2D eigenvalue weighted by Crippen LogP contribution is -2.10. The van der Waals surface area contributed by atoms with E-state index in [1.807, 2.05) is 0 Å². The summed E-state index contributed by atoms with van der Waals surface area (Å²) in [6, 6.07) is 91.9. The predicted octanol–water partition coefficient (Wildman–Crippen LogP) is 16.6. The molecular formula is C60H42N2. The van der Waals surface area contributed by atoms with Gasteiger partial charge in [-0.05, 0) is 116 Å². The maximum atomic E-state index is 2.37. The molecule has 0 fully saturated rings. The molecule has 0 aliphatic heterocycles. The first-order chi connectivity index (χ1) is 30.7. The van der Waals surface area contributed by atoms with Crippen LogP contribution in [0.1, 0.15) is 0 Å².